The molecule has 19 heavy (non-hydrogen) atoms. The zero-order valence-electron chi connectivity index (χ0n) is 11.4. The first-order valence-electron chi connectivity index (χ1n) is 6.35. The number of aliphatic hydroxyl groups is 1. The summed E-state index contributed by atoms with van der Waals surface area (Å²) < 4.78 is 5.62. The smallest absolute Gasteiger partial charge is 0.119 e. The normalized spacial score (nSPS) is 13.3. The van der Waals surface area contributed by atoms with Crippen molar-refractivity contribution in [3.05, 3.63) is 29.8 Å². The monoisotopic (exact) mass is 279 g/mol. The Morgan fingerprint density at radius 1 is 1.32 bits per heavy atom. The van der Waals surface area contributed by atoms with Gasteiger partial charge < -0.3 is 15.6 Å². The lowest BCUT2D eigenvalue weighted by Gasteiger charge is -2.14. The lowest BCUT2D eigenvalue weighted by atomic mass is 10.2. The summed E-state index contributed by atoms with van der Waals surface area (Å²) in [6.45, 7) is 4.83. The Kier molecular flexibility index (Phi) is 7.42. The SMILES string of the molecule is CC(O)C(C)SCCOc1ccc(C#CCN)cc1. The van der Waals surface area contributed by atoms with Gasteiger partial charge in [-0.05, 0) is 31.2 Å². The fourth-order valence-electron chi connectivity index (χ4n) is 1.32. The van der Waals surface area contributed by atoms with E-state index in [1.54, 1.807) is 18.7 Å². The average molecular weight is 279 g/mol. The lowest BCUT2D eigenvalue weighted by Crippen LogP contribution is -2.17. The zero-order valence-corrected chi connectivity index (χ0v) is 12.2. The van der Waals surface area contributed by atoms with Gasteiger partial charge in [0.25, 0.3) is 0 Å². The van der Waals surface area contributed by atoms with Crippen LogP contribution in [0.2, 0.25) is 0 Å². The molecule has 1 aromatic rings. The molecule has 0 spiro atoms. The van der Waals surface area contributed by atoms with E-state index < -0.39 is 0 Å². The Bertz CT molecular complexity index is 420. The van der Waals surface area contributed by atoms with Crippen LogP contribution in [-0.2, 0) is 0 Å². The van der Waals surface area contributed by atoms with Crippen LogP contribution >= 0.6 is 11.8 Å². The number of nitrogens with two attached hydrogens (primary N) is 1. The first-order chi connectivity index (χ1) is 9.13. The first kappa shape index (κ1) is 15.9. The largest absolute Gasteiger partial charge is 0.493 e. The number of benzene rings is 1. The van der Waals surface area contributed by atoms with Crippen molar-refractivity contribution in [1.29, 1.82) is 0 Å². The summed E-state index contributed by atoms with van der Waals surface area (Å²) in [4.78, 5) is 0. The van der Waals surface area contributed by atoms with Crippen LogP contribution in [0.5, 0.6) is 5.75 Å². The summed E-state index contributed by atoms with van der Waals surface area (Å²) in [5.74, 6) is 7.47. The number of thioether (sulfide) groups is 1. The molecule has 3 N–H and O–H groups in total. The molecule has 0 aliphatic heterocycles. The van der Waals surface area contributed by atoms with Gasteiger partial charge in [-0.2, -0.15) is 11.8 Å². The second-order valence-electron chi connectivity index (χ2n) is 4.20. The second-order valence-corrected chi connectivity index (χ2v) is 5.68. The van der Waals surface area contributed by atoms with Gasteiger partial charge in [-0.15, -0.1) is 0 Å². The number of hydrogen-bond donors (Lipinski definition) is 2. The Labute approximate surface area is 119 Å². The Morgan fingerprint density at radius 3 is 2.58 bits per heavy atom. The highest BCUT2D eigenvalue weighted by molar-refractivity contribution is 7.99. The van der Waals surface area contributed by atoms with Crippen molar-refractivity contribution in [2.24, 2.45) is 5.73 Å². The van der Waals surface area contributed by atoms with Crippen LogP contribution in [0.25, 0.3) is 0 Å². The van der Waals surface area contributed by atoms with Crippen molar-refractivity contribution in [2.45, 2.75) is 25.2 Å². The highest BCUT2D eigenvalue weighted by atomic mass is 32.2. The molecule has 0 aliphatic rings. The third-order valence-corrected chi connectivity index (χ3v) is 3.92. The van der Waals surface area contributed by atoms with Crippen LogP contribution in [0.15, 0.2) is 24.3 Å². The highest BCUT2D eigenvalue weighted by Crippen LogP contribution is 2.15. The van der Waals surface area contributed by atoms with Gasteiger partial charge in [0.1, 0.15) is 5.75 Å². The number of ether oxygens (including phenoxy) is 1. The number of aliphatic hydroxyl groups excluding tert-OH is 1. The fraction of sp³-hybridized carbons (Fsp3) is 0.467. The van der Waals surface area contributed by atoms with E-state index in [9.17, 15) is 5.11 Å². The topological polar surface area (TPSA) is 55.5 Å². The van der Waals surface area contributed by atoms with Crippen molar-refractivity contribution >= 4 is 11.8 Å². The molecule has 1 aromatic carbocycles. The summed E-state index contributed by atoms with van der Waals surface area (Å²) in [6.07, 6.45) is -0.287. The molecule has 0 heterocycles. The van der Waals surface area contributed by atoms with Gasteiger partial charge in [0, 0.05) is 16.6 Å². The minimum atomic E-state index is -0.287. The molecule has 1 rings (SSSR count). The molecule has 2 atom stereocenters. The van der Waals surface area contributed by atoms with Crippen molar-refractivity contribution in [1.82, 2.24) is 0 Å². The Balaban J connectivity index is 2.30. The van der Waals surface area contributed by atoms with E-state index in [0.717, 1.165) is 17.1 Å². The minimum absolute atomic E-state index is 0.234. The van der Waals surface area contributed by atoms with Crippen molar-refractivity contribution in [3.8, 4) is 17.6 Å². The van der Waals surface area contributed by atoms with Gasteiger partial charge in [-0.25, -0.2) is 0 Å². The average Bonchev–Trinajstić information content (AvgIpc) is 2.42. The predicted molar refractivity (Wildman–Crippen MR) is 81.5 cm³/mol. The third-order valence-electron chi connectivity index (χ3n) is 2.60. The maximum absolute atomic E-state index is 9.36. The summed E-state index contributed by atoms with van der Waals surface area (Å²) >= 11 is 1.71. The van der Waals surface area contributed by atoms with Crippen LogP contribution in [0.1, 0.15) is 19.4 Å². The molecule has 0 fully saturated rings. The number of rotatable bonds is 6. The molecule has 0 saturated heterocycles. The van der Waals surface area contributed by atoms with E-state index in [1.165, 1.54) is 0 Å². The van der Waals surface area contributed by atoms with Crippen LogP contribution in [0.3, 0.4) is 0 Å². The van der Waals surface area contributed by atoms with E-state index >= 15 is 0 Å². The molecule has 4 heteroatoms. The first-order valence-corrected chi connectivity index (χ1v) is 7.40. The third kappa shape index (κ3) is 6.53. The molecule has 0 radical (unpaired) electrons. The van der Waals surface area contributed by atoms with E-state index in [1.807, 2.05) is 31.2 Å². The molecule has 0 saturated carbocycles. The molecule has 0 bridgehead atoms. The molecule has 0 aromatic heterocycles. The van der Waals surface area contributed by atoms with Gasteiger partial charge in [0.15, 0.2) is 0 Å². The summed E-state index contributed by atoms with van der Waals surface area (Å²) in [7, 11) is 0. The van der Waals surface area contributed by atoms with Crippen LogP contribution in [0, 0.1) is 11.8 Å². The molecular weight excluding hydrogens is 258 g/mol. The van der Waals surface area contributed by atoms with Crippen LogP contribution in [0.4, 0.5) is 0 Å². The second kappa shape index (κ2) is 8.87. The van der Waals surface area contributed by atoms with Gasteiger partial charge in [-0.1, -0.05) is 18.8 Å². The standard InChI is InChI=1S/C15H21NO2S/c1-12(17)13(2)19-11-10-18-15-7-5-14(6-8-15)4-3-9-16/h5-8,12-13,17H,9-11,16H2,1-2H3. The van der Waals surface area contributed by atoms with E-state index in [4.69, 9.17) is 10.5 Å². The van der Waals surface area contributed by atoms with Gasteiger partial charge in [-0.3, -0.25) is 0 Å². The maximum Gasteiger partial charge on any atom is 0.119 e. The van der Waals surface area contributed by atoms with Crippen molar-refractivity contribution < 1.29 is 9.84 Å². The van der Waals surface area contributed by atoms with Gasteiger partial charge in [0.2, 0.25) is 0 Å². The van der Waals surface area contributed by atoms with E-state index in [2.05, 4.69) is 11.8 Å². The van der Waals surface area contributed by atoms with Crippen LogP contribution in [-0.4, -0.2) is 35.4 Å². The van der Waals surface area contributed by atoms with E-state index in [-0.39, 0.29) is 11.4 Å². The predicted octanol–water partition coefficient (Wildman–Crippen LogP) is 1.88. The highest BCUT2D eigenvalue weighted by Gasteiger charge is 2.08. The van der Waals surface area contributed by atoms with Crippen molar-refractivity contribution in [2.75, 3.05) is 18.9 Å². The molecule has 3 nitrogen and oxygen atoms in total. The van der Waals surface area contributed by atoms with Gasteiger partial charge >= 0.3 is 0 Å². The van der Waals surface area contributed by atoms with Crippen molar-refractivity contribution in [3.63, 3.8) is 0 Å². The zero-order chi connectivity index (χ0) is 14.1. The summed E-state index contributed by atoms with van der Waals surface area (Å²) in [5.41, 5.74) is 6.25. The lowest BCUT2D eigenvalue weighted by molar-refractivity contribution is 0.196. The minimum Gasteiger partial charge on any atom is -0.493 e. The molecule has 0 aliphatic carbocycles. The number of hydrogen-bond acceptors (Lipinski definition) is 4. The molecule has 104 valence electrons. The van der Waals surface area contributed by atoms with Gasteiger partial charge in [0.05, 0.1) is 19.3 Å². The molecule has 2 unspecified atom stereocenters. The Morgan fingerprint density at radius 2 is 2.00 bits per heavy atom. The maximum atomic E-state index is 9.36. The summed E-state index contributed by atoms with van der Waals surface area (Å²) in [6, 6.07) is 7.65. The van der Waals surface area contributed by atoms with E-state index in [0.29, 0.717) is 13.2 Å². The fourth-order valence-corrected chi connectivity index (χ4v) is 2.15. The quantitative estimate of drug-likeness (QED) is 0.616. The molecular formula is C15H21NO2S. The Hall–Kier alpha value is -1.15. The molecule has 0 amide bonds. The van der Waals surface area contributed by atoms with Crippen LogP contribution < -0.4 is 10.5 Å². The summed E-state index contributed by atoms with van der Waals surface area (Å²) in [5, 5.41) is 9.59.